The predicted molar refractivity (Wildman–Crippen MR) is 146 cm³/mol. The molecule has 0 unspecified atom stereocenters. The number of halogens is 4. The number of rotatable bonds is 2. The van der Waals surface area contributed by atoms with Gasteiger partial charge in [-0.2, -0.15) is 32.6 Å². The third-order valence-corrected chi connectivity index (χ3v) is 17.4. The fourth-order valence-corrected chi connectivity index (χ4v) is 19.4. The standard InChI is InChI=1S/C20H16Cl4N7P3/c1-13-3-7-15(8-4-13)17-11-19-20-12-18(16-9-5-14(2)6-10-16)26-31(20)34(30(19)25-17)28-32(21,22)27-33(23,24)29-34/h3-12H,1-2H3. The molecule has 6 rings (SSSR count). The van der Waals surface area contributed by atoms with E-state index in [0.29, 0.717) is 0 Å². The van der Waals surface area contributed by atoms with Crippen LogP contribution in [0.1, 0.15) is 11.1 Å². The summed E-state index contributed by atoms with van der Waals surface area (Å²) in [5.74, 6) is -6.42. The van der Waals surface area contributed by atoms with Gasteiger partial charge >= 0.3 is 7.51 Å². The van der Waals surface area contributed by atoms with E-state index in [9.17, 15) is 0 Å². The summed E-state index contributed by atoms with van der Waals surface area (Å²) in [6.07, 6.45) is 0. The fraction of sp³-hybridized carbons (Fsp3) is 0.100. The number of fused-ring (bicyclic) bond motifs is 5. The monoisotopic (exact) mass is 587 g/mol. The van der Waals surface area contributed by atoms with E-state index in [1.165, 1.54) is 0 Å². The molecule has 7 nitrogen and oxygen atoms in total. The molecule has 34 heavy (non-hydrogen) atoms. The smallest absolute Gasteiger partial charge is 0.189 e. The lowest BCUT2D eigenvalue weighted by Crippen LogP contribution is -2.03. The Labute approximate surface area is 215 Å². The number of hydrogen-bond donors (Lipinski definition) is 0. The Morgan fingerprint density at radius 1 is 0.588 bits per heavy atom. The molecule has 0 aliphatic carbocycles. The largest absolute Gasteiger partial charge is 0.313 e. The number of hydrogen-bond acceptors (Lipinski definition) is 5. The van der Waals surface area contributed by atoms with Crippen LogP contribution in [0.25, 0.3) is 33.9 Å². The van der Waals surface area contributed by atoms with E-state index in [4.69, 9.17) is 64.2 Å². The highest BCUT2D eigenvalue weighted by atomic mass is 35.9. The van der Waals surface area contributed by atoms with E-state index >= 15 is 0 Å². The molecule has 4 heterocycles. The Balaban J connectivity index is 1.65. The van der Waals surface area contributed by atoms with Crippen molar-refractivity contribution in [1.82, 2.24) is 19.1 Å². The molecule has 14 heteroatoms. The number of aromatic nitrogens is 4. The molecule has 174 valence electrons. The lowest BCUT2D eigenvalue weighted by atomic mass is 10.1. The number of benzene rings is 2. The van der Waals surface area contributed by atoms with Crippen LogP contribution in [0.2, 0.25) is 0 Å². The second-order valence-electron chi connectivity index (χ2n) is 8.06. The molecule has 0 N–H and O–H groups in total. The molecule has 0 radical (unpaired) electrons. The zero-order valence-electron chi connectivity index (χ0n) is 17.8. The van der Waals surface area contributed by atoms with Crippen molar-refractivity contribution in [2.24, 2.45) is 13.5 Å². The van der Waals surface area contributed by atoms with E-state index in [-0.39, 0.29) is 0 Å². The van der Waals surface area contributed by atoms with Gasteiger partial charge in [0.25, 0.3) is 11.8 Å². The van der Waals surface area contributed by atoms with Crippen LogP contribution < -0.4 is 0 Å². The molecule has 0 saturated carbocycles. The average Bonchev–Trinajstić information content (AvgIpc) is 3.41. The van der Waals surface area contributed by atoms with Crippen molar-refractivity contribution in [3.05, 3.63) is 71.8 Å². The van der Waals surface area contributed by atoms with Gasteiger partial charge in [0.1, 0.15) is 0 Å². The van der Waals surface area contributed by atoms with Gasteiger partial charge in [0, 0.05) is 11.1 Å². The molecule has 0 amide bonds. The lowest BCUT2D eigenvalue weighted by Gasteiger charge is -2.24. The molecule has 0 atom stereocenters. The van der Waals surface area contributed by atoms with Gasteiger partial charge in [0.05, 0.1) is 22.8 Å². The third-order valence-electron chi connectivity index (χ3n) is 5.52. The van der Waals surface area contributed by atoms with E-state index in [0.717, 1.165) is 45.0 Å². The Hall–Kier alpha value is -1.29. The Morgan fingerprint density at radius 3 is 1.41 bits per heavy atom. The second kappa shape index (κ2) is 7.85. The summed E-state index contributed by atoms with van der Waals surface area (Å²) in [6.45, 7) is 4.08. The van der Waals surface area contributed by atoms with Crippen LogP contribution in [0.15, 0.2) is 74.2 Å². The molecule has 4 aromatic rings. The first-order chi connectivity index (χ1) is 16.1. The third kappa shape index (κ3) is 3.78. The normalized spacial score (nSPS) is 18.5. The summed E-state index contributed by atoms with van der Waals surface area (Å²) in [6, 6.07) is 20.3. The highest BCUT2D eigenvalue weighted by Gasteiger charge is 2.45. The maximum Gasteiger partial charge on any atom is 0.313 e. The summed E-state index contributed by atoms with van der Waals surface area (Å²) < 4.78 is 17.1. The molecular weight excluding hydrogens is 573 g/mol. The summed E-state index contributed by atoms with van der Waals surface area (Å²) in [4.78, 5) is 0. The summed E-state index contributed by atoms with van der Waals surface area (Å²) in [5, 5.41) is 9.75. The summed E-state index contributed by atoms with van der Waals surface area (Å²) >= 11 is 26.1. The first-order valence-electron chi connectivity index (χ1n) is 10.1. The van der Waals surface area contributed by atoms with Gasteiger partial charge in [-0.15, -0.1) is 0 Å². The molecule has 0 bridgehead atoms. The summed E-state index contributed by atoms with van der Waals surface area (Å²) in [5.41, 5.74) is 7.40. The average molecular weight is 589 g/mol. The lowest BCUT2D eigenvalue weighted by molar-refractivity contribution is 0.948. The predicted octanol–water partition coefficient (Wildman–Crippen LogP) is 10.2. The van der Waals surface area contributed by atoms with E-state index in [1.54, 1.807) is 8.90 Å². The minimum Gasteiger partial charge on any atom is -0.189 e. The zero-order valence-corrected chi connectivity index (χ0v) is 23.5. The van der Waals surface area contributed by atoms with Gasteiger partial charge in [-0.05, 0) is 70.9 Å². The van der Waals surface area contributed by atoms with E-state index in [2.05, 4.69) is 4.52 Å². The van der Waals surface area contributed by atoms with Crippen molar-refractivity contribution >= 4 is 64.3 Å². The second-order valence-corrected chi connectivity index (χ2v) is 20.6. The molecule has 2 aliphatic heterocycles. The van der Waals surface area contributed by atoms with Crippen LogP contribution in [0.5, 0.6) is 0 Å². The van der Waals surface area contributed by atoms with Crippen LogP contribution in [0, 0.1) is 13.8 Å². The quantitative estimate of drug-likeness (QED) is 0.218. The van der Waals surface area contributed by atoms with Crippen molar-refractivity contribution in [2.45, 2.75) is 13.8 Å². The minimum atomic E-state index is -3.21. The SMILES string of the molecule is Cc1ccc(-c2cc3n(n2)P2(=NP(Cl)(Cl)=NP(Cl)(Cl)=N2)n2nc(-c4ccc(C)cc4)cc2-3)cc1. The summed E-state index contributed by atoms with van der Waals surface area (Å²) in [7, 11) is -3.14. The van der Waals surface area contributed by atoms with Crippen LogP contribution in [-0.4, -0.2) is 19.1 Å². The van der Waals surface area contributed by atoms with Gasteiger partial charge in [-0.3, -0.25) is 0 Å². The molecule has 2 aliphatic rings. The van der Waals surface area contributed by atoms with Crippen LogP contribution >= 0.6 is 64.3 Å². The van der Waals surface area contributed by atoms with Crippen molar-refractivity contribution in [1.29, 1.82) is 0 Å². The first kappa shape index (κ1) is 23.1. The van der Waals surface area contributed by atoms with Gasteiger partial charge < -0.3 is 0 Å². The molecule has 0 fully saturated rings. The van der Waals surface area contributed by atoms with Crippen LogP contribution in [0.4, 0.5) is 0 Å². The number of nitrogens with zero attached hydrogens (tertiary/aromatic N) is 7. The van der Waals surface area contributed by atoms with E-state index in [1.807, 2.05) is 74.5 Å². The molecule has 1 spiro atoms. The van der Waals surface area contributed by atoms with Crippen molar-refractivity contribution in [3.8, 4) is 33.9 Å². The zero-order chi connectivity index (χ0) is 23.9. The first-order valence-corrected chi connectivity index (χ1v) is 18.7. The topological polar surface area (TPSA) is 72.7 Å². The Bertz CT molecular complexity index is 1540. The highest BCUT2D eigenvalue weighted by Crippen LogP contribution is 2.86. The van der Waals surface area contributed by atoms with Gasteiger partial charge in [0.2, 0.25) is 0 Å². The van der Waals surface area contributed by atoms with Gasteiger partial charge in [0.15, 0.2) is 0 Å². The maximum atomic E-state index is 6.53. The van der Waals surface area contributed by atoms with Crippen molar-refractivity contribution in [2.75, 3.05) is 0 Å². The van der Waals surface area contributed by atoms with Gasteiger partial charge in [-0.1, -0.05) is 59.7 Å². The highest BCUT2D eigenvalue weighted by molar-refractivity contribution is 8.20. The van der Waals surface area contributed by atoms with E-state index < -0.39 is 19.3 Å². The van der Waals surface area contributed by atoms with Gasteiger partial charge in [-0.25, -0.2) is 0 Å². The Kier molecular flexibility index (Phi) is 5.34. The van der Waals surface area contributed by atoms with Crippen LogP contribution in [-0.2, 0) is 0 Å². The number of aryl methyl sites for hydroxylation is 2. The minimum absolute atomic E-state index is 0.771. The van der Waals surface area contributed by atoms with Crippen molar-refractivity contribution < 1.29 is 0 Å². The fourth-order valence-electron chi connectivity index (χ4n) is 3.94. The van der Waals surface area contributed by atoms with Crippen LogP contribution in [0.3, 0.4) is 0 Å². The molecule has 0 saturated heterocycles. The molecule has 2 aromatic heterocycles. The molecule has 2 aromatic carbocycles. The Morgan fingerprint density at radius 2 is 1.00 bits per heavy atom. The molecular formula is C20H16Cl4N7P3. The maximum absolute atomic E-state index is 6.53. The van der Waals surface area contributed by atoms with Crippen molar-refractivity contribution in [3.63, 3.8) is 0 Å².